The number of nitrogens with zero attached hydrogens (tertiary/aromatic N) is 3. The Labute approximate surface area is 208 Å². The van der Waals surface area contributed by atoms with Crippen LogP contribution >= 0.6 is 22.7 Å². The molecule has 0 spiro atoms. The summed E-state index contributed by atoms with van der Waals surface area (Å²) in [6.07, 6.45) is 11.3. The average molecular weight is 510 g/mol. The molecule has 0 bridgehead atoms. The molecule has 5 nitrogen and oxygen atoms in total. The van der Waals surface area contributed by atoms with Gasteiger partial charge in [0.05, 0.1) is 10.7 Å². The Morgan fingerprint density at radius 3 is 2.71 bits per heavy atom. The van der Waals surface area contributed by atoms with Gasteiger partial charge in [-0.3, -0.25) is 4.79 Å². The molecule has 3 heterocycles. The zero-order chi connectivity index (χ0) is 23.9. The standard InChI is InChI=1S/C25H33F2N3O2S2/c1-17-28-15-21(33-17)7-6-20(31)14-19-4-2-18(3-5-19)8-11-30-12-9-22-23(10-13-30)34-25(29-22)32-16-24(26)27/h6-7,15,18-19,24H,2-5,8-14,16H2,1H3/b7-6+. The van der Waals surface area contributed by atoms with Crippen molar-refractivity contribution in [2.75, 3.05) is 26.2 Å². The van der Waals surface area contributed by atoms with E-state index in [1.807, 2.05) is 19.2 Å². The molecule has 0 N–H and O–H groups in total. The number of aromatic nitrogens is 2. The number of alkyl halides is 2. The summed E-state index contributed by atoms with van der Waals surface area (Å²) in [7, 11) is 0. The number of hydrogen-bond acceptors (Lipinski definition) is 7. The third kappa shape index (κ3) is 7.65. The molecular weight excluding hydrogens is 476 g/mol. The van der Waals surface area contributed by atoms with E-state index in [2.05, 4.69) is 14.9 Å². The van der Waals surface area contributed by atoms with E-state index in [4.69, 9.17) is 4.74 Å². The summed E-state index contributed by atoms with van der Waals surface area (Å²) in [6.45, 7) is 4.42. The lowest BCUT2D eigenvalue weighted by atomic mass is 9.78. The zero-order valence-electron chi connectivity index (χ0n) is 19.7. The Hall–Kier alpha value is -1.71. The van der Waals surface area contributed by atoms with Crippen LogP contribution < -0.4 is 4.74 Å². The van der Waals surface area contributed by atoms with Gasteiger partial charge in [0.25, 0.3) is 11.6 Å². The molecule has 34 heavy (non-hydrogen) atoms. The fourth-order valence-electron chi connectivity index (χ4n) is 4.88. The monoisotopic (exact) mass is 509 g/mol. The van der Waals surface area contributed by atoms with Gasteiger partial charge in [0, 0.05) is 41.9 Å². The first kappa shape index (κ1) is 25.4. The molecule has 1 saturated carbocycles. The van der Waals surface area contributed by atoms with Crippen LogP contribution in [0.15, 0.2) is 12.3 Å². The van der Waals surface area contributed by atoms with Crippen LogP contribution in [-0.4, -0.2) is 53.3 Å². The van der Waals surface area contributed by atoms with Gasteiger partial charge >= 0.3 is 0 Å². The van der Waals surface area contributed by atoms with Gasteiger partial charge in [0.15, 0.2) is 12.4 Å². The summed E-state index contributed by atoms with van der Waals surface area (Å²) >= 11 is 3.03. The number of aryl methyl sites for hydroxylation is 1. The predicted molar refractivity (Wildman–Crippen MR) is 133 cm³/mol. The van der Waals surface area contributed by atoms with Crippen LogP contribution in [0.2, 0.25) is 0 Å². The van der Waals surface area contributed by atoms with Crippen molar-refractivity contribution in [2.24, 2.45) is 11.8 Å². The maximum Gasteiger partial charge on any atom is 0.273 e. The van der Waals surface area contributed by atoms with Gasteiger partial charge in [0.2, 0.25) is 0 Å². The van der Waals surface area contributed by atoms with Crippen molar-refractivity contribution in [3.8, 4) is 5.19 Å². The van der Waals surface area contributed by atoms with Gasteiger partial charge in [0.1, 0.15) is 0 Å². The van der Waals surface area contributed by atoms with Crippen molar-refractivity contribution < 1.29 is 18.3 Å². The van der Waals surface area contributed by atoms with Gasteiger partial charge in [-0.2, -0.15) is 0 Å². The predicted octanol–water partition coefficient (Wildman–Crippen LogP) is 5.82. The second kappa shape index (κ2) is 12.3. The Morgan fingerprint density at radius 2 is 1.97 bits per heavy atom. The molecule has 1 aliphatic heterocycles. The van der Waals surface area contributed by atoms with Crippen molar-refractivity contribution >= 4 is 34.5 Å². The van der Waals surface area contributed by atoms with E-state index in [0.29, 0.717) is 17.5 Å². The Bertz CT molecular complexity index is 942. The minimum atomic E-state index is -2.47. The van der Waals surface area contributed by atoms with Crippen LogP contribution in [0.4, 0.5) is 8.78 Å². The summed E-state index contributed by atoms with van der Waals surface area (Å²) in [5.74, 6) is 1.48. The molecule has 0 atom stereocenters. The molecule has 0 radical (unpaired) electrons. The van der Waals surface area contributed by atoms with Crippen molar-refractivity contribution in [1.29, 1.82) is 0 Å². The molecule has 4 rings (SSSR count). The topological polar surface area (TPSA) is 55.3 Å². The maximum absolute atomic E-state index is 12.4. The lowest BCUT2D eigenvalue weighted by Crippen LogP contribution is -2.29. The minimum Gasteiger partial charge on any atom is -0.464 e. The highest BCUT2D eigenvalue weighted by atomic mass is 32.1. The van der Waals surface area contributed by atoms with Gasteiger partial charge in [-0.05, 0) is 63.1 Å². The molecular formula is C25H33F2N3O2S2. The zero-order valence-corrected chi connectivity index (χ0v) is 21.3. The van der Waals surface area contributed by atoms with Crippen molar-refractivity contribution in [3.05, 3.63) is 32.7 Å². The number of halogens is 2. The third-order valence-electron chi connectivity index (χ3n) is 6.79. The van der Waals surface area contributed by atoms with Crippen molar-refractivity contribution in [3.63, 3.8) is 0 Å². The third-order valence-corrected chi connectivity index (χ3v) is 8.74. The van der Waals surface area contributed by atoms with Gasteiger partial charge < -0.3 is 9.64 Å². The number of ketones is 1. The fourth-order valence-corrected chi connectivity index (χ4v) is 6.52. The van der Waals surface area contributed by atoms with Gasteiger partial charge in [-0.1, -0.05) is 24.2 Å². The Kier molecular flexibility index (Phi) is 9.19. The number of hydrogen-bond donors (Lipinski definition) is 0. The molecule has 0 saturated heterocycles. The van der Waals surface area contributed by atoms with Crippen LogP contribution in [0.3, 0.4) is 0 Å². The summed E-state index contributed by atoms with van der Waals surface area (Å²) < 4.78 is 29.8. The maximum atomic E-state index is 12.4. The molecule has 186 valence electrons. The summed E-state index contributed by atoms with van der Waals surface area (Å²) in [6, 6.07) is 0. The number of rotatable bonds is 10. The molecule has 0 aromatic carbocycles. The van der Waals surface area contributed by atoms with E-state index < -0.39 is 13.0 Å². The minimum absolute atomic E-state index is 0.225. The highest BCUT2D eigenvalue weighted by Gasteiger charge is 2.24. The van der Waals surface area contributed by atoms with Crippen LogP contribution in [0, 0.1) is 18.8 Å². The first-order valence-electron chi connectivity index (χ1n) is 12.2. The van der Waals surface area contributed by atoms with E-state index in [1.165, 1.54) is 35.5 Å². The van der Waals surface area contributed by atoms with Crippen LogP contribution in [-0.2, 0) is 17.6 Å². The quantitative estimate of drug-likeness (QED) is 0.378. The van der Waals surface area contributed by atoms with Crippen molar-refractivity contribution in [1.82, 2.24) is 14.9 Å². The second-order valence-electron chi connectivity index (χ2n) is 9.35. The molecule has 2 aromatic heterocycles. The number of ether oxygens (including phenoxy) is 1. The fraction of sp³-hybridized carbons (Fsp3) is 0.640. The SMILES string of the molecule is Cc1ncc(/C=C/C(=O)CC2CCC(CCN3CCc4nc(OCC(F)F)sc4CC3)CC2)s1. The first-order chi connectivity index (χ1) is 16.4. The highest BCUT2D eigenvalue weighted by Crippen LogP contribution is 2.33. The molecule has 1 fully saturated rings. The molecule has 0 amide bonds. The van der Waals surface area contributed by atoms with Crippen molar-refractivity contribution in [2.45, 2.75) is 64.7 Å². The number of allylic oxidation sites excluding steroid dienone is 1. The van der Waals surface area contributed by atoms with E-state index in [9.17, 15) is 13.6 Å². The molecule has 1 aliphatic carbocycles. The smallest absolute Gasteiger partial charge is 0.273 e. The van der Waals surface area contributed by atoms with Crippen LogP contribution in [0.1, 0.15) is 59.0 Å². The first-order valence-corrected chi connectivity index (χ1v) is 13.8. The van der Waals surface area contributed by atoms with E-state index in [-0.39, 0.29) is 5.78 Å². The van der Waals surface area contributed by atoms with E-state index in [1.54, 1.807) is 17.4 Å². The van der Waals surface area contributed by atoms with E-state index in [0.717, 1.165) is 66.8 Å². The van der Waals surface area contributed by atoms with Gasteiger partial charge in [-0.15, -0.1) is 11.3 Å². The molecule has 2 aliphatic rings. The normalized spacial score (nSPS) is 21.6. The van der Waals surface area contributed by atoms with Crippen LogP contribution in [0.25, 0.3) is 6.08 Å². The average Bonchev–Trinajstić information content (AvgIpc) is 3.37. The Balaban J connectivity index is 1.13. The summed E-state index contributed by atoms with van der Waals surface area (Å²) in [4.78, 5) is 25.7. The second-order valence-corrected chi connectivity index (χ2v) is 11.7. The molecule has 0 unspecified atom stereocenters. The number of carbonyl (C=O) groups excluding carboxylic acids is 1. The Morgan fingerprint density at radius 1 is 1.21 bits per heavy atom. The summed E-state index contributed by atoms with van der Waals surface area (Å²) in [5, 5.41) is 1.40. The van der Waals surface area contributed by atoms with E-state index >= 15 is 0 Å². The number of carbonyl (C=O) groups is 1. The summed E-state index contributed by atoms with van der Waals surface area (Å²) in [5.41, 5.74) is 1.02. The lowest BCUT2D eigenvalue weighted by molar-refractivity contribution is -0.115. The molecule has 9 heteroatoms. The largest absolute Gasteiger partial charge is 0.464 e. The highest BCUT2D eigenvalue weighted by molar-refractivity contribution is 7.13. The number of thiazole rings is 2. The molecule has 2 aromatic rings. The lowest BCUT2D eigenvalue weighted by Gasteiger charge is -2.30. The van der Waals surface area contributed by atoms with Crippen LogP contribution in [0.5, 0.6) is 5.19 Å². The van der Waals surface area contributed by atoms with Gasteiger partial charge in [-0.25, -0.2) is 18.7 Å². The number of fused-ring (bicyclic) bond motifs is 1.